The van der Waals surface area contributed by atoms with Crippen LogP contribution in [0.1, 0.15) is 0 Å². The van der Waals surface area contributed by atoms with Crippen molar-refractivity contribution < 1.29 is 8.83 Å². The molecule has 0 unspecified atom stereocenters. The smallest absolute Gasteiger partial charge is 0.164 e. The van der Waals surface area contributed by atoms with Crippen LogP contribution in [0.5, 0.6) is 0 Å². The van der Waals surface area contributed by atoms with Crippen molar-refractivity contribution in [2.45, 2.75) is 0 Å². The van der Waals surface area contributed by atoms with Crippen molar-refractivity contribution in [2.75, 3.05) is 0 Å². The molecule has 0 aliphatic carbocycles. The molecule has 0 amide bonds. The van der Waals surface area contributed by atoms with Crippen LogP contribution in [-0.2, 0) is 0 Å². The summed E-state index contributed by atoms with van der Waals surface area (Å²) in [5.41, 5.74) is 10.5. The summed E-state index contributed by atoms with van der Waals surface area (Å²) in [6.45, 7) is 0. The Kier molecular flexibility index (Phi) is 6.42. The highest BCUT2D eigenvalue weighted by molar-refractivity contribution is 6.10. The second-order valence-corrected chi connectivity index (χ2v) is 12.4. The minimum atomic E-state index is 0.610. The second kappa shape index (κ2) is 11.4. The lowest BCUT2D eigenvalue weighted by atomic mass is 10.0. The normalized spacial score (nSPS) is 11.6. The van der Waals surface area contributed by atoms with Crippen LogP contribution in [0.25, 0.3) is 100 Å². The number of hydrogen-bond donors (Lipinski definition) is 0. The van der Waals surface area contributed by atoms with Gasteiger partial charge in [-0.2, -0.15) is 0 Å². The number of nitrogens with zero attached hydrogens (tertiary/aromatic N) is 3. The number of aromatic nitrogens is 3. The number of para-hydroxylation sites is 4. The van der Waals surface area contributed by atoms with Crippen LogP contribution in [0, 0.1) is 0 Å². The van der Waals surface area contributed by atoms with E-state index < -0.39 is 0 Å². The van der Waals surface area contributed by atoms with Gasteiger partial charge in [0.05, 0.1) is 0 Å². The van der Waals surface area contributed by atoms with Crippen molar-refractivity contribution in [3.05, 3.63) is 164 Å². The van der Waals surface area contributed by atoms with Crippen LogP contribution in [0.3, 0.4) is 0 Å². The molecule has 10 rings (SSSR count). The molecule has 3 heterocycles. The first-order valence-electron chi connectivity index (χ1n) is 16.6. The molecule has 234 valence electrons. The molecule has 0 radical (unpaired) electrons. The highest BCUT2D eigenvalue weighted by atomic mass is 16.3. The van der Waals surface area contributed by atoms with Crippen LogP contribution in [-0.4, -0.2) is 15.0 Å². The Hall–Kier alpha value is -6.85. The van der Waals surface area contributed by atoms with Gasteiger partial charge in [0.2, 0.25) is 0 Å². The maximum atomic E-state index is 6.32. The quantitative estimate of drug-likeness (QED) is 0.187. The first-order valence-corrected chi connectivity index (χ1v) is 16.6. The molecule has 0 saturated heterocycles. The van der Waals surface area contributed by atoms with Gasteiger partial charge in [0.15, 0.2) is 17.5 Å². The van der Waals surface area contributed by atoms with Crippen LogP contribution in [0.15, 0.2) is 173 Å². The van der Waals surface area contributed by atoms with Crippen LogP contribution < -0.4 is 0 Å². The van der Waals surface area contributed by atoms with E-state index in [1.165, 1.54) is 0 Å². The fraction of sp³-hybridized carbons (Fsp3) is 0. The summed E-state index contributed by atoms with van der Waals surface area (Å²) in [4.78, 5) is 14.9. The molecule has 5 nitrogen and oxygen atoms in total. The monoisotopic (exact) mass is 641 g/mol. The van der Waals surface area contributed by atoms with Crippen LogP contribution in [0.4, 0.5) is 0 Å². The van der Waals surface area contributed by atoms with Crippen molar-refractivity contribution in [3.8, 4) is 56.4 Å². The van der Waals surface area contributed by atoms with Crippen molar-refractivity contribution >= 4 is 43.9 Å². The molecule has 0 aliphatic heterocycles. The highest BCUT2D eigenvalue weighted by Crippen LogP contribution is 2.38. The molecule has 10 aromatic rings. The summed E-state index contributed by atoms with van der Waals surface area (Å²) in [6.07, 6.45) is 0. The van der Waals surface area contributed by atoms with E-state index in [-0.39, 0.29) is 0 Å². The molecule has 0 spiro atoms. The molecule has 3 aromatic heterocycles. The molecule has 0 atom stereocenters. The molecule has 0 fully saturated rings. The molecular weight excluding hydrogens is 615 g/mol. The topological polar surface area (TPSA) is 65.0 Å². The lowest BCUT2D eigenvalue weighted by molar-refractivity contribution is 0.669. The fourth-order valence-electron chi connectivity index (χ4n) is 6.90. The maximum absolute atomic E-state index is 6.32. The van der Waals surface area contributed by atoms with Gasteiger partial charge in [-0.25, -0.2) is 15.0 Å². The summed E-state index contributed by atoms with van der Waals surface area (Å²) in [5, 5.41) is 4.45. The van der Waals surface area contributed by atoms with E-state index in [2.05, 4.69) is 97.1 Å². The maximum Gasteiger partial charge on any atom is 0.164 e. The van der Waals surface area contributed by atoms with Gasteiger partial charge < -0.3 is 8.83 Å². The van der Waals surface area contributed by atoms with E-state index in [4.69, 9.17) is 23.8 Å². The zero-order valence-corrected chi connectivity index (χ0v) is 26.7. The van der Waals surface area contributed by atoms with E-state index in [1.54, 1.807) is 0 Å². The number of rotatable bonds is 5. The largest absolute Gasteiger partial charge is 0.455 e. The predicted molar refractivity (Wildman–Crippen MR) is 202 cm³/mol. The predicted octanol–water partition coefficient (Wildman–Crippen LogP) is 12.0. The van der Waals surface area contributed by atoms with Gasteiger partial charge >= 0.3 is 0 Å². The summed E-state index contributed by atoms with van der Waals surface area (Å²) < 4.78 is 12.6. The van der Waals surface area contributed by atoms with Crippen LogP contribution in [0.2, 0.25) is 0 Å². The lowest BCUT2D eigenvalue weighted by Crippen LogP contribution is -2.00. The first-order chi connectivity index (χ1) is 24.8. The van der Waals surface area contributed by atoms with Gasteiger partial charge in [0.25, 0.3) is 0 Å². The standard InChI is InChI=1S/C45H27N3O2/c1-2-10-30(11-3-1)43-46-44(31-24-20-28(21-25-31)33-14-8-16-37-35-12-4-6-18-39(35)49-41(33)37)48-45(47-43)32-26-22-29(23-27-32)34-15-9-17-38-36-13-5-7-19-40(36)50-42(34)38/h1-27H. The van der Waals surface area contributed by atoms with Gasteiger partial charge in [-0.1, -0.05) is 152 Å². The second-order valence-electron chi connectivity index (χ2n) is 12.4. The molecule has 7 aromatic carbocycles. The average molecular weight is 642 g/mol. The summed E-state index contributed by atoms with van der Waals surface area (Å²) in [6, 6.07) is 55.7. The zero-order chi connectivity index (χ0) is 33.0. The van der Waals surface area contributed by atoms with Gasteiger partial charge in [-0.15, -0.1) is 0 Å². The Morgan fingerprint density at radius 3 is 1.10 bits per heavy atom. The van der Waals surface area contributed by atoms with Gasteiger partial charge in [-0.05, 0) is 23.3 Å². The molecular formula is C45H27N3O2. The zero-order valence-electron chi connectivity index (χ0n) is 26.7. The molecule has 50 heavy (non-hydrogen) atoms. The Morgan fingerprint density at radius 2 is 0.640 bits per heavy atom. The number of fused-ring (bicyclic) bond motifs is 6. The van der Waals surface area contributed by atoms with Crippen LogP contribution >= 0.6 is 0 Å². The first kappa shape index (κ1) is 28.2. The molecule has 0 saturated carbocycles. The fourth-order valence-corrected chi connectivity index (χ4v) is 6.90. The lowest BCUT2D eigenvalue weighted by Gasteiger charge is -2.10. The van der Waals surface area contributed by atoms with Gasteiger partial charge in [-0.3, -0.25) is 0 Å². The molecule has 5 heteroatoms. The van der Waals surface area contributed by atoms with Crippen molar-refractivity contribution in [3.63, 3.8) is 0 Å². The molecule has 0 aliphatic rings. The Bertz CT molecular complexity index is 2680. The Morgan fingerprint density at radius 1 is 0.280 bits per heavy atom. The number of benzene rings is 7. The minimum Gasteiger partial charge on any atom is -0.455 e. The number of furan rings is 2. The van der Waals surface area contributed by atoms with E-state index in [0.717, 1.165) is 82.8 Å². The van der Waals surface area contributed by atoms with E-state index >= 15 is 0 Å². The summed E-state index contributed by atoms with van der Waals surface area (Å²) >= 11 is 0. The van der Waals surface area contributed by atoms with E-state index in [0.29, 0.717) is 17.5 Å². The molecule has 0 bridgehead atoms. The Balaban J connectivity index is 1.04. The van der Waals surface area contributed by atoms with Gasteiger partial charge in [0, 0.05) is 49.4 Å². The average Bonchev–Trinajstić information content (AvgIpc) is 3.77. The van der Waals surface area contributed by atoms with Crippen molar-refractivity contribution in [1.82, 2.24) is 15.0 Å². The summed E-state index contributed by atoms with van der Waals surface area (Å²) in [5.74, 6) is 1.84. The third-order valence-corrected chi connectivity index (χ3v) is 9.38. The van der Waals surface area contributed by atoms with Crippen molar-refractivity contribution in [2.24, 2.45) is 0 Å². The van der Waals surface area contributed by atoms with Gasteiger partial charge in [0.1, 0.15) is 22.3 Å². The highest BCUT2D eigenvalue weighted by Gasteiger charge is 2.16. The summed E-state index contributed by atoms with van der Waals surface area (Å²) in [7, 11) is 0. The SMILES string of the molecule is c1ccc(-c2nc(-c3ccc(-c4cccc5c4oc4ccccc45)cc3)nc(-c3ccc(-c4cccc5c4oc4ccccc45)cc3)n2)cc1. The van der Waals surface area contributed by atoms with E-state index in [9.17, 15) is 0 Å². The van der Waals surface area contributed by atoms with E-state index in [1.807, 2.05) is 66.7 Å². The molecule has 0 N–H and O–H groups in total. The van der Waals surface area contributed by atoms with Crippen molar-refractivity contribution in [1.29, 1.82) is 0 Å². The Labute approximate surface area is 287 Å². The third-order valence-electron chi connectivity index (χ3n) is 9.38. The minimum absolute atomic E-state index is 0.610. The third kappa shape index (κ3) is 4.67. The number of hydrogen-bond acceptors (Lipinski definition) is 5.